The molecule has 110 valence electrons. The fourth-order valence-electron chi connectivity index (χ4n) is 1.95. The Morgan fingerprint density at radius 3 is 3.00 bits per heavy atom. The minimum absolute atomic E-state index is 0.541. The second kappa shape index (κ2) is 7.54. The topological polar surface area (TPSA) is 68.6 Å². The number of halogens is 1. The second-order valence-electron chi connectivity index (χ2n) is 4.64. The van der Waals surface area contributed by atoms with Crippen molar-refractivity contribution < 1.29 is 9.47 Å². The molecule has 1 N–H and O–H groups in total. The van der Waals surface area contributed by atoms with Gasteiger partial charge in [-0.2, -0.15) is 4.99 Å². The maximum Gasteiger partial charge on any atom is 0.198 e. The lowest BCUT2D eigenvalue weighted by Gasteiger charge is -2.22. The molecule has 7 heteroatoms. The van der Waals surface area contributed by atoms with Gasteiger partial charge in [-0.3, -0.25) is 0 Å². The Morgan fingerprint density at radius 2 is 2.30 bits per heavy atom. The van der Waals surface area contributed by atoms with Crippen LogP contribution >= 0.6 is 15.9 Å². The third-order valence-corrected chi connectivity index (χ3v) is 3.56. The fraction of sp³-hybridized carbons (Fsp3) is 0.615. The van der Waals surface area contributed by atoms with Crippen LogP contribution in [-0.2, 0) is 9.47 Å². The third kappa shape index (κ3) is 4.42. The van der Waals surface area contributed by atoms with Crippen LogP contribution in [-0.4, -0.2) is 42.7 Å². The van der Waals surface area contributed by atoms with Gasteiger partial charge in [0, 0.05) is 26.7 Å². The molecule has 0 aliphatic carbocycles. The predicted octanol–water partition coefficient (Wildman–Crippen LogP) is 2.77. The molecule has 1 aromatic rings. The molecule has 1 aromatic heterocycles. The summed E-state index contributed by atoms with van der Waals surface area (Å²) in [4.78, 5) is 13.0. The summed E-state index contributed by atoms with van der Waals surface area (Å²) in [7, 11) is 1.58. The minimum Gasteiger partial charge on any atom is -0.484 e. The van der Waals surface area contributed by atoms with Gasteiger partial charge >= 0.3 is 0 Å². The molecule has 1 aliphatic rings. The first-order chi connectivity index (χ1) is 9.69. The van der Waals surface area contributed by atoms with Gasteiger partial charge in [0.15, 0.2) is 17.5 Å². The number of ether oxygens (including phenoxy) is 2. The number of nitrogens with zero attached hydrogens (tertiary/aromatic N) is 3. The zero-order chi connectivity index (χ0) is 14.4. The van der Waals surface area contributed by atoms with E-state index in [4.69, 9.17) is 9.47 Å². The average Bonchev–Trinajstić information content (AvgIpc) is 2.48. The van der Waals surface area contributed by atoms with Crippen molar-refractivity contribution in [2.75, 3.05) is 32.2 Å². The molecule has 20 heavy (non-hydrogen) atoms. The Hall–Kier alpha value is -1.21. The Bertz CT molecular complexity index is 475. The van der Waals surface area contributed by atoms with E-state index in [0.29, 0.717) is 28.1 Å². The summed E-state index contributed by atoms with van der Waals surface area (Å²) in [5.74, 6) is 2.36. The van der Waals surface area contributed by atoms with Crippen LogP contribution in [0.15, 0.2) is 15.8 Å². The molecule has 0 radical (unpaired) electrons. The molecule has 2 rings (SSSR count). The second-order valence-corrected chi connectivity index (χ2v) is 5.45. The van der Waals surface area contributed by atoms with Crippen LogP contribution < -0.4 is 5.32 Å². The molecule has 0 saturated carbocycles. The number of aromatic nitrogens is 2. The van der Waals surface area contributed by atoms with E-state index in [1.54, 1.807) is 20.2 Å². The van der Waals surface area contributed by atoms with Gasteiger partial charge in [-0.1, -0.05) is 0 Å². The van der Waals surface area contributed by atoms with E-state index in [-0.39, 0.29) is 0 Å². The summed E-state index contributed by atoms with van der Waals surface area (Å²) in [6.07, 6.45) is 3.77. The molecule has 0 amide bonds. The highest BCUT2D eigenvalue weighted by Crippen LogP contribution is 2.23. The van der Waals surface area contributed by atoms with Crippen molar-refractivity contribution in [1.82, 2.24) is 9.97 Å². The quantitative estimate of drug-likeness (QED) is 0.673. The summed E-state index contributed by atoms with van der Waals surface area (Å²) in [6, 6.07) is 0. The van der Waals surface area contributed by atoms with E-state index in [0.717, 1.165) is 32.6 Å². The number of aliphatic imine (C=N–C) groups is 1. The Morgan fingerprint density at radius 1 is 1.55 bits per heavy atom. The highest BCUT2D eigenvalue weighted by molar-refractivity contribution is 9.10. The summed E-state index contributed by atoms with van der Waals surface area (Å²) >= 11 is 3.33. The molecule has 0 unspecified atom stereocenters. The van der Waals surface area contributed by atoms with Crippen molar-refractivity contribution in [2.45, 2.75) is 19.8 Å². The molecule has 0 bridgehead atoms. The maximum absolute atomic E-state index is 5.36. The number of hydrogen-bond acceptors (Lipinski definition) is 6. The van der Waals surface area contributed by atoms with E-state index in [1.807, 2.05) is 0 Å². The number of methoxy groups -OCH3 is 1. The zero-order valence-corrected chi connectivity index (χ0v) is 13.3. The van der Waals surface area contributed by atoms with Gasteiger partial charge in [-0.15, -0.1) is 0 Å². The van der Waals surface area contributed by atoms with Crippen molar-refractivity contribution in [3.63, 3.8) is 0 Å². The summed E-state index contributed by atoms with van der Waals surface area (Å²) in [5.41, 5.74) is 0. The van der Waals surface area contributed by atoms with Gasteiger partial charge < -0.3 is 14.8 Å². The molecule has 0 atom stereocenters. The Kier molecular flexibility index (Phi) is 5.72. The normalized spacial score (nSPS) is 17.1. The van der Waals surface area contributed by atoms with E-state index < -0.39 is 0 Å². The molecule has 1 saturated heterocycles. The molecular weight excluding hydrogens is 324 g/mol. The number of rotatable bonds is 4. The lowest BCUT2D eigenvalue weighted by atomic mass is 10.0. The van der Waals surface area contributed by atoms with Crippen LogP contribution in [0.2, 0.25) is 0 Å². The van der Waals surface area contributed by atoms with E-state index >= 15 is 0 Å². The molecule has 0 spiro atoms. The van der Waals surface area contributed by atoms with Crippen molar-refractivity contribution in [1.29, 1.82) is 0 Å². The number of nitrogens with one attached hydrogen (secondary N) is 1. The Labute approximate surface area is 127 Å². The van der Waals surface area contributed by atoms with Gasteiger partial charge in [-0.05, 0) is 34.7 Å². The van der Waals surface area contributed by atoms with Crippen LogP contribution in [0.25, 0.3) is 0 Å². The van der Waals surface area contributed by atoms with Crippen LogP contribution in [0.1, 0.15) is 19.8 Å². The lowest BCUT2D eigenvalue weighted by Crippen LogP contribution is -2.23. The van der Waals surface area contributed by atoms with E-state index in [9.17, 15) is 0 Å². The molecule has 1 fully saturated rings. The van der Waals surface area contributed by atoms with E-state index in [2.05, 4.69) is 36.2 Å². The van der Waals surface area contributed by atoms with E-state index in [1.165, 1.54) is 0 Å². The summed E-state index contributed by atoms with van der Waals surface area (Å²) < 4.78 is 11.1. The van der Waals surface area contributed by atoms with Gasteiger partial charge in [0.05, 0.1) is 13.3 Å². The SMILES string of the molecule is COC(C)=Nc1ncc(Br)nc1NCC1CCOCC1. The third-order valence-electron chi connectivity index (χ3n) is 3.18. The highest BCUT2D eigenvalue weighted by atomic mass is 79.9. The van der Waals surface area contributed by atoms with Crippen molar-refractivity contribution >= 4 is 33.5 Å². The minimum atomic E-state index is 0.541. The van der Waals surface area contributed by atoms with Crippen LogP contribution in [0.4, 0.5) is 11.6 Å². The fourth-order valence-corrected chi connectivity index (χ4v) is 2.23. The largest absolute Gasteiger partial charge is 0.484 e. The van der Waals surface area contributed by atoms with Gasteiger partial charge in [0.1, 0.15) is 4.60 Å². The lowest BCUT2D eigenvalue weighted by molar-refractivity contribution is 0.0699. The van der Waals surface area contributed by atoms with Crippen molar-refractivity contribution in [3.05, 3.63) is 10.8 Å². The first kappa shape index (κ1) is 15.2. The number of anilines is 1. The monoisotopic (exact) mass is 342 g/mol. The van der Waals surface area contributed by atoms with Crippen LogP contribution in [0.3, 0.4) is 0 Å². The van der Waals surface area contributed by atoms with Crippen molar-refractivity contribution in [2.24, 2.45) is 10.9 Å². The highest BCUT2D eigenvalue weighted by Gasteiger charge is 2.15. The average molecular weight is 343 g/mol. The summed E-state index contributed by atoms with van der Waals surface area (Å²) in [6.45, 7) is 4.31. The summed E-state index contributed by atoms with van der Waals surface area (Å²) in [5, 5.41) is 3.33. The first-order valence-electron chi connectivity index (χ1n) is 6.62. The predicted molar refractivity (Wildman–Crippen MR) is 81.5 cm³/mol. The van der Waals surface area contributed by atoms with Gasteiger partial charge in [-0.25, -0.2) is 9.97 Å². The molecule has 1 aliphatic heterocycles. The van der Waals surface area contributed by atoms with Crippen LogP contribution in [0, 0.1) is 5.92 Å². The van der Waals surface area contributed by atoms with Crippen LogP contribution in [0.5, 0.6) is 0 Å². The van der Waals surface area contributed by atoms with Crippen molar-refractivity contribution in [3.8, 4) is 0 Å². The standard InChI is InChI=1S/C13H19BrN4O2/c1-9(19-2)17-12-13(18-11(14)8-16-12)15-7-10-3-5-20-6-4-10/h8,10H,3-7H2,1-2H3,(H,15,18). The Balaban J connectivity index is 2.06. The number of hydrogen-bond donors (Lipinski definition) is 1. The molecule has 0 aromatic carbocycles. The zero-order valence-electron chi connectivity index (χ0n) is 11.7. The first-order valence-corrected chi connectivity index (χ1v) is 7.41. The smallest absolute Gasteiger partial charge is 0.198 e. The van der Waals surface area contributed by atoms with Gasteiger partial charge in [0.25, 0.3) is 0 Å². The molecule has 6 nitrogen and oxygen atoms in total. The molecular formula is C13H19BrN4O2. The molecule has 2 heterocycles. The van der Waals surface area contributed by atoms with Gasteiger partial charge in [0.2, 0.25) is 0 Å². The maximum atomic E-state index is 5.36.